The van der Waals surface area contributed by atoms with Crippen LogP contribution in [-0.4, -0.2) is 31.8 Å². The van der Waals surface area contributed by atoms with Crippen LogP contribution in [0.25, 0.3) is 10.9 Å². The highest BCUT2D eigenvalue weighted by atomic mass is 79.9. The van der Waals surface area contributed by atoms with Crippen molar-refractivity contribution >= 4 is 48.6 Å². The lowest BCUT2D eigenvalue weighted by Gasteiger charge is -2.27. The Morgan fingerprint density at radius 2 is 1.80 bits per heavy atom. The third-order valence-corrected chi connectivity index (χ3v) is 7.38. The minimum absolute atomic E-state index is 0.00625. The number of amides is 1. The van der Waals surface area contributed by atoms with E-state index in [4.69, 9.17) is 14.7 Å². The zero-order valence-electron chi connectivity index (χ0n) is 18.4. The number of fused-ring (bicyclic) bond motifs is 1. The molecule has 0 bridgehead atoms. The third kappa shape index (κ3) is 5.21. The monoisotopic (exact) mass is 557 g/mol. The molecule has 0 spiro atoms. The van der Waals surface area contributed by atoms with Gasteiger partial charge in [0.05, 0.1) is 30.3 Å². The van der Waals surface area contributed by atoms with E-state index in [9.17, 15) is 13.2 Å². The maximum Gasteiger partial charge on any atom is 0.436 e. The largest absolute Gasteiger partial charge is 0.497 e. The first kappa shape index (κ1) is 24.5. The Labute approximate surface area is 210 Å². The number of halogens is 1. The molecule has 2 N–H and O–H groups in total. The van der Waals surface area contributed by atoms with Gasteiger partial charge in [0, 0.05) is 9.86 Å². The third-order valence-electron chi connectivity index (χ3n) is 5.13. The predicted octanol–water partition coefficient (Wildman–Crippen LogP) is 4.88. The number of rotatable bonds is 7. The number of carbonyl (C=O) groups is 1. The number of ether oxygens (including phenoxy) is 2. The first-order valence-electron chi connectivity index (χ1n) is 10.2. The number of hydroxylamine groups is 1. The summed E-state index contributed by atoms with van der Waals surface area (Å²) >= 11 is 3.41. The molecule has 4 aromatic rings. The molecule has 0 radical (unpaired) electrons. The fourth-order valence-electron chi connectivity index (χ4n) is 3.50. The van der Waals surface area contributed by atoms with Gasteiger partial charge in [0.15, 0.2) is 5.75 Å². The molecule has 0 fully saturated rings. The molecule has 9 nitrogen and oxygen atoms in total. The minimum Gasteiger partial charge on any atom is -0.497 e. The summed E-state index contributed by atoms with van der Waals surface area (Å²) in [6.07, 6.45) is 0.0476. The van der Waals surface area contributed by atoms with Gasteiger partial charge in [0.1, 0.15) is 11.4 Å². The average molecular weight is 558 g/mol. The highest BCUT2D eigenvalue weighted by molar-refractivity contribution is 9.10. The van der Waals surface area contributed by atoms with Crippen molar-refractivity contribution in [3.05, 3.63) is 89.0 Å². The van der Waals surface area contributed by atoms with Crippen LogP contribution in [0.15, 0.2) is 88.4 Å². The lowest BCUT2D eigenvalue weighted by atomic mass is 10.1. The number of anilines is 1. The standard InChI is InChI=1S/C24H20BrN3O6S/c1-33-18-8-10-19(11-9-18)35(31,32)28(15-16-5-3-2-4-6-16)23-20-13-17(25)7-12-21(20)26-14-22(23)34-24(29)27-30/h2-14,30H,15H2,1H3,(H,27,29). The Bertz CT molecular complexity index is 1460. The maximum absolute atomic E-state index is 14.0. The van der Waals surface area contributed by atoms with Crippen LogP contribution in [0.2, 0.25) is 0 Å². The first-order chi connectivity index (χ1) is 16.8. The lowest BCUT2D eigenvalue weighted by Crippen LogP contribution is -2.32. The molecule has 180 valence electrons. The van der Waals surface area contributed by atoms with E-state index in [0.29, 0.717) is 26.7 Å². The smallest absolute Gasteiger partial charge is 0.436 e. The second-order valence-electron chi connectivity index (χ2n) is 7.31. The number of sulfonamides is 1. The van der Waals surface area contributed by atoms with Crippen LogP contribution >= 0.6 is 15.9 Å². The van der Waals surface area contributed by atoms with Gasteiger partial charge in [0.2, 0.25) is 0 Å². The SMILES string of the molecule is COc1ccc(S(=O)(=O)N(Cc2ccccc2)c2c(OC(=O)NO)cnc3ccc(Br)cc23)cc1. The molecule has 1 amide bonds. The van der Waals surface area contributed by atoms with E-state index in [0.717, 1.165) is 4.31 Å². The number of benzene rings is 3. The van der Waals surface area contributed by atoms with E-state index in [1.165, 1.54) is 30.9 Å². The van der Waals surface area contributed by atoms with Crippen LogP contribution in [0, 0.1) is 0 Å². The Morgan fingerprint density at radius 3 is 2.46 bits per heavy atom. The summed E-state index contributed by atoms with van der Waals surface area (Å²) in [4.78, 5) is 16.2. The van der Waals surface area contributed by atoms with Crippen molar-refractivity contribution in [3.63, 3.8) is 0 Å². The van der Waals surface area contributed by atoms with Crippen LogP contribution in [0.4, 0.5) is 10.5 Å². The van der Waals surface area contributed by atoms with Gasteiger partial charge in [-0.3, -0.25) is 14.5 Å². The molecule has 3 aromatic carbocycles. The molecular formula is C24H20BrN3O6S. The predicted molar refractivity (Wildman–Crippen MR) is 133 cm³/mol. The summed E-state index contributed by atoms with van der Waals surface area (Å²) in [5.41, 5.74) is 2.65. The second-order valence-corrected chi connectivity index (χ2v) is 10.1. The van der Waals surface area contributed by atoms with Crippen LogP contribution in [0.5, 0.6) is 11.5 Å². The molecule has 4 rings (SSSR count). The van der Waals surface area contributed by atoms with Gasteiger partial charge in [-0.25, -0.2) is 18.7 Å². The molecule has 1 heterocycles. The molecule has 0 aliphatic heterocycles. The van der Waals surface area contributed by atoms with Crippen molar-refractivity contribution in [2.75, 3.05) is 11.4 Å². The van der Waals surface area contributed by atoms with E-state index in [-0.39, 0.29) is 22.9 Å². The summed E-state index contributed by atoms with van der Waals surface area (Å²) < 4.78 is 40.2. The highest BCUT2D eigenvalue weighted by Crippen LogP contribution is 2.40. The van der Waals surface area contributed by atoms with Crippen LogP contribution in [0.1, 0.15) is 5.56 Å². The fraction of sp³-hybridized carbons (Fsp3) is 0.0833. The molecule has 0 atom stereocenters. The Hall–Kier alpha value is -3.67. The number of nitrogens with zero attached hydrogens (tertiary/aromatic N) is 2. The summed E-state index contributed by atoms with van der Waals surface area (Å²) in [5, 5.41) is 9.42. The summed E-state index contributed by atoms with van der Waals surface area (Å²) in [7, 11) is -2.70. The quantitative estimate of drug-likeness (QED) is 0.245. The molecule has 0 saturated heterocycles. The van der Waals surface area contributed by atoms with Crippen LogP contribution in [-0.2, 0) is 16.6 Å². The van der Waals surface area contributed by atoms with E-state index >= 15 is 0 Å². The zero-order valence-corrected chi connectivity index (χ0v) is 20.8. The number of pyridine rings is 1. The van der Waals surface area contributed by atoms with E-state index < -0.39 is 16.1 Å². The Balaban J connectivity index is 1.99. The van der Waals surface area contributed by atoms with Gasteiger partial charge in [-0.05, 0) is 48.0 Å². The molecule has 0 aliphatic carbocycles. The number of carbonyl (C=O) groups excluding carboxylic acids is 1. The molecule has 35 heavy (non-hydrogen) atoms. The zero-order chi connectivity index (χ0) is 25.0. The maximum atomic E-state index is 14.0. The number of nitrogens with one attached hydrogen (secondary N) is 1. The molecule has 11 heteroatoms. The minimum atomic E-state index is -4.19. The van der Waals surface area contributed by atoms with E-state index in [1.54, 1.807) is 54.6 Å². The van der Waals surface area contributed by atoms with E-state index in [1.807, 2.05) is 6.07 Å². The molecular weight excluding hydrogens is 538 g/mol. The number of methoxy groups -OCH3 is 1. The van der Waals surface area contributed by atoms with Gasteiger partial charge in [0.25, 0.3) is 10.0 Å². The van der Waals surface area contributed by atoms with Gasteiger partial charge < -0.3 is 9.47 Å². The average Bonchev–Trinajstić information content (AvgIpc) is 2.88. The number of hydrogen-bond donors (Lipinski definition) is 2. The number of aromatic nitrogens is 1. The van der Waals surface area contributed by atoms with E-state index in [2.05, 4.69) is 20.9 Å². The molecule has 0 aliphatic rings. The normalized spacial score (nSPS) is 11.2. The van der Waals surface area contributed by atoms with Crippen LogP contribution < -0.4 is 19.3 Å². The molecule has 0 unspecified atom stereocenters. The lowest BCUT2D eigenvalue weighted by molar-refractivity contribution is 0.127. The fourth-order valence-corrected chi connectivity index (χ4v) is 5.34. The Morgan fingerprint density at radius 1 is 1.09 bits per heavy atom. The van der Waals surface area contributed by atoms with Crippen molar-refractivity contribution in [2.24, 2.45) is 0 Å². The van der Waals surface area contributed by atoms with Crippen molar-refractivity contribution in [2.45, 2.75) is 11.4 Å². The van der Waals surface area contributed by atoms with Crippen LogP contribution in [0.3, 0.4) is 0 Å². The van der Waals surface area contributed by atoms with Gasteiger partial charge >= 0.3 is 6.09 Å². The Kier molecular flexibility index (Phi) is 7.20. The number of hydrogen-bond acceptors (Lipinski definition) is 7. The first-order valence-corrected chi connectivity index (χ1v) is 12.5. The van der Waals surface area contributed by atoms with Crippen molar-refractivity contribution < 1.29 is 27.9 Å². The highest BCUT2D eigenvalue weighted by Gasteiger charge is 2.31. The van der Waals surface area contributed by atoms with Gasteiger partial charge in [-0.2, -0.15) is 0 Å². The summed E-state index contributed by atoms with van der Waals surface area (Å²) in [6, 6.07) is 20.1. The van der Waals surface area contributed by atoms with Crippen molar-refractivity contribution in [3.8, 4) is 11.5 Å². The van der Waals surface area contributed by atoms with Gasteiger partial charge in [-0.1, -0.05) is 46.3 Å². The summed E-state index contributed by atoms with van der Waals surface area (Å²) in [6.45, 7) is -0.0715. The topological polar surface area (TPSA) is 118 Å². The molecule has 0 saturated carbocycles. The van der Waals surface area contributed by atoms with Crippen molar-refractivity contribution in [1.29, 1.82) is 0 Å². The van der Waals surface area contributed by atoms with Gasteiger partial charge in [-0.15, -0.1) is 0 Å². The second kappa shape index (κ2) is 10.3. The summed E-state index contributed by atoms with van der Waals surface area (Å²) in [5.74, 6) is 0.343. The molecule has 1 aromatic heterocycles. The van der Waals surface area contributed by atoms with Crippen molar-refractivity contribution in [1.82, 2.24) is 10.5 Å².